The molecule has 3 N–H and O–H groups in total. The number of nitrogens with one attached hydrogen (secondary N) is 1. The van der Waals surface area contributed by atoms with Gasteiger partial charge in [-0.2, -0.15) is 5.26 Å². The number of hydrogen-bond acceptors (Lipinski definition) is 4. The van der Waals surface area contributed by atoms with Gasteiger partial charge in [-0.1, -0.05) is 30.3 Å². The van der Waals surface area contributed by atoms with Gasteiger partial charge in [-0.05, 0) is 59.9 Å². The number of rotatable bonds is 4. The molecule has 0 aliphatic rings. The van der Waals surface area contributed by atoms with Crippen LogP contribution in [-0.2, 0) is 0 Å². The van der Waals surface area contributed by atoms with Gasteiger partial charge in [0.1, 0.15) is 0 Å². The Morgan fingerprint density at radius 3 is 2.22 bits per heavy atom. The van der Waals surface area contributed by atoms with Crippen molar-refractivity contribution in [3.63, 3.8) is 0 Å². The van der Waals surface area contributed by atoms with Gasteiger partial charge in [0.2, 0.25) is 0 Å². The Kier molecular flexibility index (Phi) is 5.14. The van der Waals surface area contributed by atoms with Crippen molar-refractivity contribution in [2.24, 2.45) is 5.73 Å². The van der Waals surface area contributed by atoms with Gasteiger partial charge in [0.05, 0.1) is 11.6 Å². The summed E-state index contributed by atoms with van der Waals surface area (Å²) in [6.45, 7) is 4.00. The van der Waals surface area contributed by atoms with Crippen LogP contribution in [0.3, 0.4) is 0 Å². The van der Waals surface area contributed by atoms with Crippen LogP contribution in [-0.4, -0.2) is 11.2 Å². The highest BCUT2D eigenvalue weighted by molar-refractivity contribution is 6.17. The second kappa shape index (κ2) is 7.67. The van der Waals surface area contributed by atoms with E-state index in [2.05, 4.69) is 11.1 Å². The van der Waals surface area contributed by atoms with Crippen molar-refractivity contribution < 1.29 is 0 Å². The first kappa shape index (κ1) is 18.1. The van der Waals surface area contributed by atoms with E-state index in [0.717, 1.165) is 33.4 Å². The molecule has 1 aromatic heterocycles. The fourth-order valence-corrected chi connectivity index (χ4v) is 3.09. The minimum Gasteiger partial charge on any atom is -0.398 e. The SMILES string of the molecule is Cc1c(C#N)ccc(-c2ccc(/C(C=N)=C(/N)c3ccncc3)cc2)c1C. The maximum atomic E-state index is 9.18. The Hall–Kier alpha value is -3.71. The van der Waals surface area contributed by atoms with Gasteiger partial charge < -0.3 is 11.1 Å². The molecule has 3 rings (SSSR count). The largest absolute Gasteiger partial charge is 0.398 e. The van der Waals surface area contributed by atoms with E-state index in [1.54, 1.807) is 12.4 Å². The molecule has 0 unspecified atom stereocenters. The minimum atomic E-state index is 0.547. The highest BCUT2D eigenvalue weighted by Gasteiger charge is 2.10. The molecule has 0 saturated carbocycles. The summed E-state index contributed by atoms with van der Waals surface area (Å²) >= 11 is 0. The number of hydrogen-bond donors (Lipinski definition) is 2. The molecule has 4 heteroatoms. The van der Waals surface area contributed by atoms with E-state index in [1.165, 1.54) is 6.21 Å². The first-order valence-corrected chi connectivity index (χ1v) is 8.58. The summed E-state index contributed by atoms with van der Waals surface area (Å²) in [6, 6.07) is 17.7. The van der Waals surface area contributed by atoms with Crippen molar-refractivity contribution in [2.75, 3.05) is 0 Å². The lowest BCUT2D eigenvalue weighted by molar-refractivity contribution is 1.30. The maximum absolute atomic E-state index is 9.18. The van der Waals surface area contributed by atoms with Gasteiger partial charge in [-0.15, -0.1) is 0 Å². The van der Waals surface area contributed by atoms with Crippen LogP contribution in [0, 0.1) is 30.6 Å². The number of aromatic nitrogens is 1. The fraction of sp³-hybridized carbons (Fsp3) is 0.0870. The Balaban J connectivity index is 2.02. The number of nitrogens with zero attached hydrogens (tertiary/aromatic N) is 2. The molecule has 132 valence electrons. The molecule has 1 heterocycles. The summed E-state index contributed by atoms with van der Waals surface area (Å²) in [7, 11) is 0. The van der Waals surface area contributed by atoms with Crippen molar-refractivity contribution in [1.29, 1.82) is 10.7 Å². The van der Waals surface area contributed by atoms with E-state index < -0.39 is 0 Å². The number of benzene rings is 2. The summed E-state index contributed by atoms with van der Waals surface area (Å²) in [5.41, 5.74) is 14.2. The van der Waals surface area contributed by atoms with Gasteiger partial charge in [0.25, 0.3) is 0 Å². The van der Waals surface area contributed by atoms with E-state index >= 15 is 0 Å². The van der Waals surface area contributed by atoms with Gasteiger partial charge in [-0.3, -0.25) is 4.98 Å². The molecule has 2 aromatic carbocycles. The van der Waals surface area contributed by atoms with E-state index in [9.17, 15) is 5.26 Å². The number of pyridine rings is 1. The summed E-state index contributed by atoms with van der Waals surface area (Å²) in [5, 5.41) is 17.0. The maximum Gasteiger partial charge on any atom is 0.0994 e. The first-order chi connectivity index (χ1) is 13.1. The molecular formula is C23H20N4. The standard InChI is InChI=1S/C23H20N4/c1-15-16(2)21(8-7-20(15)13-24)17-3-5-18(6-4-17)22(14-25)23(26)19-9-11-27-12-10-19/h3-12,14,25H,26H2,1-2H3/b23-22+,25-14?. The lowest BCUT2D eigenvalue weighted by atomic mass is 9.92. The third kappa shape index (κ3) is 3.49. The second-order valence-corrected chi connectivity index (χ2v) is 6.31. The van der Waals surface area contributed by atoms with Crippen LogP contribution in [0.2, 0.25) is 0 Å². The molecule has 0 fully saturated rings. The molecule has 3 aromatic rings. The predicted octanol–water partition coefficient (Wildman–Crippen LogP) is 4.71. The zero-order valence-corrected chi connectivity index (χ0v) is 15.3. The van der Waals surface area contributed by atoms with Gasteiger partial charge in [0.15, 0.2) is 0 Å². The Morgan fingerprint density at radius 1 is 0.963 bits per heavy atom. The first-order valence-electron chi connectivity index (χ1n) is 8.58. The molecule has 0 bridgehead atoms. The third-order valence-corrected chi connectivity index (χ3v) is 4.84. The van der Waals surface area contributed by atoms with E-state index in [0.29, 0.717) is 16.8 Å². The van der Waals surface area contributed by atoms with Gasteiger partial charge in [-0.25, -0.2) is 0 Å². The lowest BCUT2D eigenvalue weighted by Gasteiger charge is -2.12. The summed E-state index contributed by atoms with van der Waals surface area (Å²) < 4.78 is 0. The van der Waals surface area contributed by atoms with Gasteiger partial charge >= 0.3 is 0 Å². The second-order valence-electron chi connectivity index (χ2n) is 6.31. The van der Waals surface area contributed by atoms with E-state index in [4.69, 9.17) is 11.1 Å². The summed E-state index contributed by atoms with van der Waals surface area (Å²) in [6.07, 6.45) is 4.65. The van der Waals surface area contributed by atoms with Crippen molar-refractivity contribution >= 4 is 17.5 Å². The van der Waals surface area contributed by atoms with Crippen molar-refractivity contribution in [2.45, 2.75) is 13.8 Å². The topological polar surface area (TPSA) is 86.5 Å². The Bertz CT molecular complexity index is 1060. The van der Waals surface area contributed by atoms with Crippen LogP contribution >= 0.6 is 0 Å². The highest BCUT2D eigenvalue weighted by atomic mass is 14.6. The number of allylic oxidation sites excluding steroid dienone is 1. The molecule has 0 saturated heterocycles. The predicted molar refractivity (Wildman–Crippen MR) is 110 cm³/mol. The highest BCUT2D eigenvalue weighted by Crippen LogP contribution is 2.29. The van der Waals surface area contributed by atoms with Crippen LogP contribution in [0.25, 0.3) is 22.4 Å². The van der Waals surface area contributed by atoms with E-state index in [-0.39, 0.29) is 0 Å². The third-order valence-electron chi connectivity index (χ3n) is 4.84. The smallest absolute Gasteiger partial charge is 0.0994 e. The minimum absolute atomic E-state index is 0.547. The van der Waals surface area contributed by atoms with Crippen LogP contribution in [0.5, 0.6) is 0 Å². The number of nitriles is 1. The van der Waals surface area contributed by atoms with Crippen molar-refractivity contribution in [1.82, 2.24) is 4.98 Å². The molecule has 0 spiro atoms. The monoisotopic (exact) mass is 352 g/mol. The molecule has 0 atom stereocenters. The molecule has 4 nitrogen and oxygen atoms in total. The average Bonchev–Trinajstić information content (AvgIpc) is 2.72. The average molecular weight is 352 g/mol. The zero-order chi connectivity index (χ0) is 19.4. The zero-order valence-electron chi connectivity index (χ0n) is 15.3. The van der Waals surface area contributed by atoms with E-state index in [1.807, 2.05) is 62.4 Å². The molecular weight excluding hydrogens is 332 g/mol. The number of nitrogens with two attached hydrogens (primary N) is 1. The molecule has 0 aliphatic carbocycles. The van der Waals surface area contributed by atoms with Crippen LogP contribution < -0.4 is 5.73 Å². The summed E-state index contributed by atoms with van der Waals surface area (Å²) in [5.74, 6) is 0. The normalized spacial score (nSPS) is 11.4. The molecule has 0 aliphatic heterocycles. The Morgan fingerprint density at radius 2 is 1.63 bits per heavy atom. The Labute approximate surface area is 159 Å². The van der Waals surface area contributed by atoms with Crippen LogP contribution in [0.4, 0.5) is 0 Å². The fourth-order valence-electron chi connectivity index (χ4n) is 3.09. The van der Waals surface area contributed by atoms with Crippen molar-refractivity contribution in [3.05, 3.63) is 88.7 Å². The van der Waals surface area contributed by atoms with Crippen LogP contribution in [0.15, 0.2) is 60.9 Å². The lowest BCUT2D eigenvalue weighted by Crippen LogP contribution is -2.02. The van der Waals surface area contributed by atoms with Gasteiger partial charge in [0, 0.05) is 35.4 Å². The summed E-state index contributed by atoms with van der Waals surface area (Å²) in [4.78, 5) is 4.00. The molecule has 0 radical (unpaired) electrons. The quantitative estimate of drug-likeness (QED) is 0.666. The van der Waals surface area contributed by atoms with Crippen LogP contribution in [0.1, 0.15) is 27.8 Å². The molecule has 27 heavy (non-hydrogen) atoms. The molecule has 0 amide bonds. The van der Waals surface area contributed by atoms with Crippen molar-refractivity contribution in [3.8, 4) is 17.2 Å².